The lowest BCUT2D eigenvalue weighted by Crippen LogP contribution is -2.43. The van der Waals surface area contributed by atoms with E-state index in [-0.39, 0.29) is 15.6 Å². The molecule has 0 aliphatic carbocycles. The first-order chi connectivity index (χ1) is 11.3. The highest BCUT2D eigenvalue weighted by molar-refractivity contribution is 9.10. The van der Waals surface area contributed by atoms with E-state index in [2.05, 4.69) is 15.9 Å². The number of halogens is 3. The number of amides is 1. The number of nitrogens with zero attached hydrogens (tertiary/aromatic N) is 1. The summed E-state index contributed by atoms with van der Waals surface area (Å²) in [6.45, 7) is -0.586. The van der Waals surface area contributed by atoms with E-state index in [4.69, 9.17) is 17.4 Å². The predicted molar refractivity (Wildman–Crippen MR) is 92.4 cm³/mol. The van der Waals surface area contributed by atoms with Gasteiger partial charge in [-0.3, -0.25) is 14.5 Å². The van der Waals surface area contributed by atoms with Crippen molar-refractivity contribution in [3.8, 4) is 0 Å². The van der Waals surface area contributed by atoms with Crippen LogP contribution in [0, 0.1) is 5.82 Å². The Morgan fingerprint density at radius 1 is 1.25 bits per heavy atom. The van der Waals surface area contributed by atoms with Gasteiger partial charge in [0.1, 0.15) is 12.4 Å². The first-order valence-electron chi connectivity index (χ1n) is 6.48. The Morgan fingerprint density at radius 2 is 1.88 bits per heavy atom. The molecular weight excluding hydrogens is 425 g/mol. The zero-order valence-corrected chi connectivity index (χ0v) is 15.2. The van der Waals surface area contributed by atoms with Crippen LogP contribution in [0.1, 0.15) is 0 Å². The van der Waals surface area contributed by atoms with Crippen LogP contribution >= 0.6 is 27.5 Å². The number of nitrogens with two attached hydrogens (primary N) is 1. The fraction of sp³-hybridized carbons (Fsp3) is 0.0714. The largest absolute Gasteiger partial charge is 0.293 e. The number of hydrogen-bond donors (Lipinski definition) is 2. The summed E-state index contributed by atoms with van der Waals surface area (Å²) in [5.74, 6) is 3.73. The maximum atomic E-state index is 13.1. The van der Waals surface area contributed by atoms with Crippen molar-refractivity contribution in [2.45, 2.75) is 4.90 Å². The van der Waals surface area contributed by atoms with Crippen LogP contribution in [-0.2, 0) is 14.8 Å². The predicted octanol–water partition coefficient (Wildman–Crippen LogP) is 2.43. The first-order valence-corrected chi connectivity index (χ1v) is 9.09. The van der Waals surface area contributed by atoms with Crippen LogP contribution in [0.15, 0.2) is 51.8 Å². The van der Waals surface area contributed by atoms with Crippen molar-refractivity contribution in [3.05, 3.63) is 57.8 Å². The number of carbonyl (C=O) groups is 1. The molecule has 2 aromatic carbocycles. The minimum Gasteiger partial charge on any atom is -0.293 e. The molecule has 2 rings (SSSR count). The van der Waals surface area contributed by atoms with Gasteiger partial charge in [-0.25, -0.2) is 18.7 Å². The third-order valence-corrected chi connectivity index (χ3v) is 5.60. The Morgan fingerprint density at radius 3 is 2.42 bits per heavy atom. The van der Waals surface area contributed by atoms with Crippen molar-refractivity contribution < 1.29 is 17.6 Å². The molecule has 24 heavy (non-hydrogen) atoms. The average Bonchev–Trinajstić information content (AvgIpc) is 2.53. The molecule has 0 saturated heterocycles. The molecule has 0 saturated carbocycles. The molecule has 0 bridgehead atoms. The molecule has 1 amide bonds. The van der Waals surface area contributed by atoms with Crippen LogP contribution in [0.25, 0.3) is 0 Å². The lowest BCUT2D eigenvalue weighted by atomic mass is 10.3. The van der Waals surface area contributed by atoms with Crippen LogP contribution in [-0.4, -0.2) is 20.9 Å². The molecule has 2 aromatic rings. The van der Waals surface area contributed by atoms with Gasteiger partial charge in [-0.2, -0.15) is 0 Å². The standard InChI is InChI=1S/C14H12BrClFN3O3S/c15-9-1-6-13(12(16)7-9)20(8-14(21)19-18)24(22,23)11-4-2-10(17)3-5-11/h1-7H,8,18H2,(H,19,21). The SMILES string of the molecule is NNC(=O)CN(c1ccc(Br)cc1Cl)S(=O)(=O)c1ccc(F)cc1. The highest BCUT2D eigenvalue weighted by atomic mass is 79.9. The number of hydrogen-bond acceptors (Lipinski definition) is 4. The molecule has 0 aliphatic heterocycles. The van der Waals surface area contributed by atoms with E-state index in [0.717, 1.165) is 28.6 Å². The van der Waals surface area contributed by atoms with Gasteiger partial charge in [0.05, 0.1) is 15.6 Å². The van der Waals surface area contributed by atoms with Gasteiger partial charge in [0.2, 0.25) is 0 Å². The summed E-state index contributed by atoms with van der Waals surface area (Å²) >= 11 is 9.33. The lowest BCUT2D eigenvalue weighted by Gasteiger charge is -2.24. The maximum Gasteiger partial charge on any atom is 0.264 e. The Hall–Kier alpha value is -1.68. The molecule has 0 aliphatic rings. The Labute approximate surface area is 151 Å². The fourth-order valence-electron chi connectivity index (χ4n) is 1.89. The van der Waals surface area contributed by atoms with E-state index in [1.165, 1.54) is 12.1 Å². The number of benzene rings is 2. The molecule has 128 valence electrons. The monoisotopic (exact) mass is 435 g/mol. The van der Waals surface area contributed by atoms with Crippen LogP contribution in [0.4, 0.5) is 10.1 Å². The second kappa shape index (κ2) is 7.47. The van der Waals surface area contributed by atoms with Gasteiger partial charge >= 0.3 is 0 Å². The quantitative estimate of drug-likeness (QED) is 0.428. The van der Waals surface area contributed by atoms with E-state index < -0.39 is 28.3 Å². The summed E-state index contributed by atoms with van der Waals surface area (Å²) in [4.78, 5) is 11.5. The number of hydrazine groups is 1. The van der Waals surface area contributed by atoms with Gasteiger partial charge in [-0.1, -0.05) is 27.5 Å². The van der Waals surface area contributed by atoms with Gasteiger partial charge in [-0.05, 0) is 42.5 Å². The van der Waals surface area contributed by atoms with Gasteiger partial charge in [-0.15, -0.1) is 0 Å². The summed E-state index contributed by atoms with van der Waals surface area (Å²) in [6, 6.07) is 8.74. The zero-order chi connectivity index (χ0) is 17.9. The van der Waals surface area contributed by atoms with Crippen molar-refractivity contribution in [3.63, 3.8) is 0 Å². The third kappa shape index (κ3) is 4.04. The van der Waals surface area contributed by atoms with Crippen LogP contribution in [0.5, 0.6) is 0 Å². The van der Waals surface area contributed by atoms with Crippen LogP contribution < -0.4 is 15.6 Å². The van der Waals surface area contributed by atoms with Crippen LogP contribution in [0.3, 0.4) is 0 Å². The lowest BCUT2D eigenvalue weighted by molar-refractivity contribution is -0.119. The molecule has 0 aromatic heterocycles. The third-order valence-electron chi connectivity index (χ3n) is 3.03. The van der Waals surface area contributed by atoms with Crippen molar-refractivity contribution >= 4 is 49.1 Å². The van der Waals surface area contributed by atoms with Gasteiger partial charge < -0.3 is 0 Å². The van der Waals surface area contributed by atoms with Gasteiger partial charge in [0, 0.05) is 4.47 Å². The second-order valence-corrected chi connectivity index (χ2v) is 7.81. The molecule has 0 atom stereocenters. The molecule has 10 heteroatoms. The van der Waals surface area contributed by atoms with Gasteiger partial charge in [0.15, 0.2) is 0 Å². The zero-order valence-electron chi connectivity index (χ0n) is 12.0. The summed E-state index contributed by atoms with van der Waals surface area (Å²) < 4.78 is 40.2. The molecule has 3 N–H and O–H groups in total. The number of rotatable bonds is 5. The molecule has 0 radical (unpaired) electrons. The van der Waals surface area contributed by atoms with Crippen molar-refractivity contribution in [1.29, 1.82) is 0 Å². The first kappa shape index (κ1) is 18.7. The van der Waals surface area contributed by atoms with Gasteiger partial charge in [0.25, 0.3) is 15.9 Å². The van der Waals surface area contributed by atoms with Crippen LogP contribution in [0.2, 0.25) is 5.02 Å². The number of carbonyl (C=O) groups excluding carboxylic acids is 1. The Kier molecular flexibility index (Phi) is 5.81. The minimum absolute atomic E-state index is 0.0905. The summed E-state index contributed by atoms with van der Waals surface area (Å²) in [5.41, 5.74) is 1.96. The fourth-order valence-corrected chi connectivity index (χ4v) is 4.16. The van der Waals surface area contributed by atoms with Crippen molar-refractivity contribution in [2.75, 3.05) is 10.8 Å². The highest BCUT2D eigenvalue weighted by Crippen LogP contribution is 2.32. The Bertz CT molecular complexity index is 862. The highest BCUT2D eigenvalue weighted by Gasteiger charge is 2.28. The molecule has 0 unspecified atom stereocenters. The average molecular weight is 437 g/mol. The topological polar surface area (TPSA) is 92.5 Å². The summed E-state index contributed by atoms with van der Waals surface area (Å²) in [6.07, 6.45) is 0. The summed E-state index contributed by atoms with van der Waals surface area (Å²) in [7, 11) is -4.16. The van der Waals surface area contributed by atoms with E-state index in [9.17, 15) is 17.6 Å². The summed E-state index contributed by atoms with van der Waals surface area (Å²) in [5, 5.41) is 0.111. The van der Waals surface area contributed by atoms with Crippen molar-refractivity contribution in [1.82, 2.24) is 5.43 Å². The van der Waals surface area contributed by atoms with E-state index in [1.807, 2.05) is 5.43 Å². The molecule has 0 heterocycles. The number of anilines is 1. The normalized spacial score (nSPS) is 11.2. The number of nitrogens with one attached hydrogen (secondary N) is 1. The van der Waals surface area contributed by atoms with E-state index in [0.29, 0.717) is 4.47 Å². The molecule has 0 spiro atoms. The molecular formula is C14H12BrClFN3O3S. The Balaban J connectivity index is 2.57. The van der Waals surface area contributed by atoms with E-state index in [1.54, 1.807) is 6.07 Å². The second-order valence-electron chi connectivity index (χ2n) is 4.63. The van der Waals surface area contributed by atoms with Crippen molar-refractivity contribution in [2.24, 2.45) is 5.84 Å². The van der Waals surface area contributed by atoms with E-state index >= 15 is 0 Å². The molecule has 0 fully saturated rings. The molecule has 6 nitrogen and oxygen atoms in total. The smallest absolute Gasteiger partial charge is 0.264 e. The minimum atomic E-state index is -4.16. The maximum absolute atomic E-state index is 13.1. The number of sulfonamides is 1.